The number of aromatic nitrogens is 1. The van der Waals surface area contributed by atoms with Gasteiger partial charge in [-0.1, -0.05) is 38.1 Å². The summed E-state index contributed by atoms with van der Waals surface area (Å²) < 4.78 is 0. The number of hydrogen-bond acceptors (Lipinski definition) is 3. The summed E-state index contributed by atoms with van der Waals surface area (Å²) in [4.78, 5) is 4.41. The lowest BCUT2D eigenvalue weighted by Crippen LogP contribution is -2.03. The van der Waals surface area contributed by atoms with E-state index in [4.69, 9.17) is 0 Å². The van der Waals surface area contributed by atoms with Crippen molar-refractivity contribution in [3.63, 3.8) is 0 Å². The zero-order chi connectivity index (χ0) is 13.8. The van der Waals surface area contributed by atoms with Gasteiger partial charge in [-0.25, -0.2) is 4.98 Å². The average Bonchev–Trinajstić information content (AvgIpc) is 2.74. The van der Waals surface area contributed by atoms with E-state index >= 15 is 0 Å². The molecule has 1 aromatic heterocycles. The van der Waals surface area contributed by atoms with Gasteiger partial charge in [-0.2, -0.15) is 0 Å². The molecule has 3 heteroatoms. The number of aliphatic hydroxyl groups excluding tert-OH is 1. The van der Waals surface area contributed by atoms with Gasteiger partial charge in [0.25, 0.3) is 0 Å². The fourth-order valence-electron chi connectivity index (χ4n) is 2.18. The maximum absolute atomic E-state index is 10.3. The predicted molar refractivity (Wildman–Crippen MR) is 80.5 cm³/mol. The molecule has 0 radical (unpaired) electrons. The first-order valence-electron chi connectivity index (χ1n) is 6.72. The van der Waals surface area contributed by atoms with E-state index in [1.807, 2.05) is 24.4 Å². The molecule has 0 fully saturated rings. The normalized spacial score (nSPS) is 12.9. The highest BCUT2D eigenvalue weighted by atomic mass is 32.1. The first-order chi connectivity index (χ1) is 9.04. The number of aryl methyl sites for hydroxylation is 1. The number of thiazole rings is 1. The molecule has 1 N–H and O–H groups in total. The van der Waals surface area contributed by atoms with Gasteiger partial charge in [-0.05, 0) is 30.4 Å². The Hall–Kier alpha value is -1.19. The minimum Gasteiger partial charge on any atom is -0.388 e. The smallest absolute Gasteiger partial charge is 0.0957 e. The molecule has 102 valence electrons. The number of rotatable bonds is 5. The maximum atomic E-state index is 10.3. The maximum Gasteiger partial charge on any atom is 0.0957 e. The van der Waals surface area contributed by atoms with Crippen LogP contribution in [0.5, 0.6) is 0 Å². The Kier molecular flexibility index (Phi) is 4.72. The minimum absolute atomic E-state index is 0.460. The molecular formula is C16H21NOS. The van der Waals surface area contributed by atoms with Crippen LogP contribution in [0.1, 0.15) is 41.8 Å². The molecule has 0 aliphatic carbocycles. The summed E-state index contributed by atoms with van der Waals surface area (Å²) in [7, 11) is 0. The van der Waals surface area contributed by atoms with E-state index in [-0.39, 0.29) is 0 Å². The Labute approximate surface area is 119 Å². The summed E-state index contributed by atoms with van der Waals surface area (Å²) in [5.74, 6) is 0.633. The SMILES string of the molecule is Cc1csc(CC(O)c2cccc(CC(C)C)c2)n1. The highest BCUT2D eigenvalue weighted by Crippen LogP contribution is 2.22. The molecule has 0 saturated heterocycles. The third kappa shape index (κ3) is 4.15. The van der Waals surface area contributed by atoms with Crippen molar-refractivity contribution in [3.05, 3.63) is 51.5 Å². The second-order valence-electron chi connectivity index (χ2n) is 5.45. The molecule has 0 saturated carbocycles. The quantitative estimate of drug-likeness (QED) is 0.897. The van der Waals surface area contributed by atoms with Crippen molar-refractivity contribution in [2.45, 2.75) is 39.7 Å². The van der Waals surface area contributed by atoms with E-state index in [9.17, 15) is 5.11 Å². The Balaban J connectivity index is 2.08. The van der Waals surface area contributed by atoms with Gasteiger partial charge >= 0.3 is 0 Å². The molecular weight excluding hydrogens is 254 g/mol. The van der Waals surface area contributed by atoms with E-state index in [2.05, 4.69) is 31.0 Å². The topological polar surface area (TPSA) is 33.1 Å². The van der Waals surface area contributed by atoms with Crippen molar-refractivity contribution < 1.29 is 5.11 Å². The fourth-order valence-corrected chi connectivity index (χ4v) is 2.99. The molecule has 2 aromatic rings. The summed E-state index contributed by atoms with van der Waals surface area (Å²) in [5.41, 5.74) is 3.31. The van der Waals surface area contributed by atoms with Crippen LogP contribution in [0.15, 0.2) is 29.6 Å². The number of nitrogens with zero attached hydrogens (tertiary/aromatic N) is 1. The van der Waals surface area contributed by atoms with Gasteiger partial charge in [0.2, 0.25) is 0 Å². The molecule has 1 aromatic carbocycles. The van der Waals surface area contributed by atoms with Gasteiger partial charge in [-0.15, -0.1) is 11.3 Å². The zero-order valence-corrected chi connectivity index (χ0v) is 12.6. The molecule has 2 rings (SSSR count). The van der Waals surface area contributed by atoms with Crippen LogP contribution in [0.4, 0.5) is 0 Å². The predicted octanol–water partition coefficient (Wildman–Crippen LogP) is 3.93. The van der Waals surface area contributed by atoms with E-state index < -0.39 is 6.10 Å². The lowest BCUT2D eigenvalue weighted by molar-refractivity contribution is 0.178. The molecule has 1 heterocycles. The van der Waals surface area contributed by atoms with Crippen molar-refractivity contribution in [1.82, 2.24) is 4.98 Å². The summed E-state index contributed by atoms with van der Waals surface area (Å²) in [6.07, 6.45) is 1.19. The van der Waals surface area contributed by atoms with Crippen molar-refractivity contribution in [1.29, 1.82) is 0 Å². The number of hydrogen-bond donors (Lipinski definition) is 1. The first-order valence-corrected chi connectivity index (χ1v) is 7.60. The fraction of sp³-hybridized carbons (Fsp3) is 0.438. The number of benzene rings is 1. The van der Waals surface area contributed by atoms with Crippen LogP contribution < -0.4 is 0 Å². The molecule has 1 atom stereocenters. The van der Waals surface area contributed by atoms with E-state index in [0.717, 1.165) is 22.7 Å². The molecule has 1 unspecified atom stereocenters. The van der Waals surface area contributed by atoms with Crippen molar-refractivity contribution in [2.75, 3.05) is 0 Å². The number of aliphatic hydroxyl groups is 1. The second kappa shape index (κ2) is 6.31. The van der Waals surface area contributed by atoms with Gasteiger partial charge in [-0.3, -0.25) is 0 Å². The van der Waals surface area contributed by atoms with Crippen LogP contribution >= 0.6 is 11.3 Å². The Morgan fingerprint density at radius 2 is 2.05 bits per heavy atom. The lowest BCUT2D eigenvalue weighted by Gasteiger charge is -2.12. The third-order valence-electron chi connectivity index (χ3n) is 3.01. The molecule has 19 heavy (non-hydrogen) atoms. The van der Waals surface area contributed by atoms with Crippen LogP contribution in [0.2, 0.25) is 0 Å². The molecule has 0 bridgehead atoms. The van der Waals surface area contributed by atoms with Crippen LogP contribution in [0, 0.1) is 12.8 Å². The van der Waals surface area contributed by atoms with Crippen LogP contribution in [0.25, 0.3) is 0 Å². The third-order valence-corrected chi connectivity index (χ3v) is 4.00. The lowest BCUT2D eigenvalue weighted by atomic mass is 9.98. The Morgan fingerprint density at radius 1 is 1.26 bits per heavy atom. The monoisotopic (exact) mass is 275 g/mol. The Bertz CT molecular complexity index is 533. The van der Waals surface area contributed by atoms with Gasteiger partial charge in [0.15, 0.2) is 0 Å². The van der Waals surface area contributed by atoms with Gasteiger partial charge < -0.3 is 5.11 Å². The largest absolute Gasteiger partial charge is 0.388 e. The van der Waals surface area contributed by atoms with Crippen LogP contribution in [-0.2, 0) is 12.8 Å². The van der Waals surface area contributed by atoms with Gasteiger partial charge in [0, 0.05) is 17.5 Å². The Morgan fingerprint density at radius 3 is 2.68 bits per heavy atom. The summed E-state index contributed by atoms with van der Waals surface area (Å²) >= 11 is 1.62. The molecule has 2 nitrogen and oxygen atoms in total. The molecule has 0 aliphatic rings. The van der Waals surface area contributed by atoms with Crippen LogP contribution in [-0.4, -0.2) is 10.1 Å². The zero-order valence-electron chi connectivity index (χ0n) is 11.8. The van der Waals surface area contributed by atoms with Crippen molar-refractivity contribution in [3.8, 4) is 0 Å². The second-order valence-corrected chi connectivity index (χ2v) is 6.39. The average molecular weight is 275 g/mol. The molecule has 0 amide bonds. The summed E-state index contributed by atoms with van der Waals surface area (Å²) in [5, 5.41) is 13.3. The standard InChI is InChI=1S/C16H21NOS/c1-11(2)7-13-5-4-6-14(8-13)15(18)9-16-17-12(3)10-19-16/h4-6,8,10-11,15,18H,7,9H2,1-3H3. The minimum atomic E-state index is -0.460. The van der Waals surface area contributed by atoms with E-state index in [1.54, 1.807) is 11.3 Å². The molecule has 0 spiro atoms. The van der Waals surface area contributed by atoms with Gasteiger partial charge in [0.05, 0.1) is 11.1 Å². The van der Waals surface area contributed by atoms with E-state index in [0.29, 0.717) is 12.3 Å². The van der Waals surface area contributed by atoms with E-state index in [1.165, 1.54) is 5.56 Å². The van der Waals surface area contributed by atoms with Gasteiger partial charge in [0.1, 0.15) is 0 Å². The summed E-state index contributed by atoms with van der Waals surface area (Å²) in [6, 6.07) is 8.27. The van der Waals surface area contributed by atoms with Crippen molar-refractivity contribution >= 4 is 11.3 Å². The highest BCUT2D eigenvalue weighted by Gasteiger charge is 2.11. The highest BCUT2D eigenvalue weighted by molar-refractivity contribution is 7.09. The van der Waals surface area contributed by atoms with Crippen LogP contribution in [0.3, 0.4) is 0 Å². The first kappa shape index (κ1) is 14.2. The molecule has 0 aliphatic heterocycles. The summed E-state index contributed by atoms with van der Waals surface area (Å²) in [6.45, 7) is 6.40. The van der Waals surface area contributed by atoms with Crippen molar-refractivity contribution in [2.24, 2.45) is 5.92 Å².